The smallest absolute Gasteiger partial charge is 0.337 e. The Morgan fingerprint density at radius 2 is 1.93 bits per heavy atom. The van der Waals surface area contributed by atoms with E-state index in [1.165, 1.54) is 13.2 Å². The number of carbonyl (C=O) groups is 1. The monoisotopic (exact) mass is 379 g/mol. The number of aliphatic hydroxyl groups is 1. The predicted molar refractivity (Wildman–Crippen MR) is 102 cm³/mol. The van der Waals surface area contributed by atoms with Crippen LogP contribution in [-0.4, -0.2) is 39.9 Å². The van der Waals surface area contributed by atoms with Crippen LogP contribution < -0.4 is 0 Å². The van der Waals surface area contributed by atoms with Crippen LogP contribution in [0.5, 0.6) is 0 Å². The van der Waals surface area contributed by atoms with Gasteiger partial charge in [-0.25, -0.2) is 4.79 Å². The summed E-state index contributed by atoms with van der Waals surface area (Å²) in [5.41, 5.74) is 2.70. The van der Waals surface area contributed by atoms with Crippen molar-refractivity contribution in [3.8, 4) is 22.5 Å². The van der Waals surface area contributed by atoms with E-state index in [2.05, 4.69) is 10.2 Å². The van der Waals surface area contributed by atoms with Gasteiger partial charge in [-0.3, -0.25) is 10.1 Å². The van der Waals surface area contributed by atoms with Gasteiger partial charge in [0, 0.05) is 18.2 Å². The molecule has 1 aromatic heterocycles. The maximum atomic E-state index is 11.8. The Morgan fingerprint density at radius 1 is 1.14 bits per heavy atom. The van der Waals surface area contributed by atoms with Gasteiger partial charge in [0.15, 0.2) is 0 Å². The highest BCUT2D eigenvalue weighted by Crippen LogP contribution is 2.32. The number of methoxy groups -OCH3 is 1. The Morgan fingerprint density at radius 3 is 2.64 bits per heavy atom. The summed E-state index contributed by atoms with van der Waals surface area (Å²) in [5, 5.41) is 29.2. The Labute approximate surface area is 160 Å². The molecular formula is C20H17N3O5. The third kappa shape index (κ3) is 3.86. The van der Waals surface area contributed by atoms with Crippen molar-refractivity contribution in [3.05, 3.63) is 75.8 Å². The summed E-state index contributed by atoms with van der Waals surface area (Å²) in [6.45, 7) is -0.152. The van der Waals surface area contributed by atoms with Gasteiger partial charge in [0.2, 0.25) is 0 Å². The number of para-hydroxylation sites is 1. The highest BCUT2D eigenvalue weighted by molar-refractivity contribution is 5.90. The largest absolute Gasteiger partial charge is 0.465 e. The number of benzene rings is 2. The maximum absolute atomic E-state index is 11.8. The highest BCUT2D eigenvalue weighted by Gasteiger charge is 2.20. The normalized spacial score (nSPS) is 10.5. The van der Waals surface area contributed by atoms with Gasteiger partial charge in [0.05, 0.1) is 28.9 Å². The van der Waals surface area contributed by atoms with Gasteiger partial charge >= 0.3 is 5.97 Å². The second-order valence-corrected chi connectivity index (χ2v) is 5.92. The number of aromatic nitrogens is 2. The van der Waals surface area contributed by atoms with Gasteiger partial charge in [-0.1, -0.05) is 24.3 Å². The molecule has 1 heterocycles. The first-order valence-electron chi connectivity index (χ1n) is 8.45. The fraction of sp³-hybridized carbons (Fsp3) is 0.150. The van der Waals surface area contributed by atoms with Gasteiger partial charge < -0.3 is 9.84 Å². The average Bonchev–Trinajstić information content (AvgIpc) is 2.73. The van der Waals surface area contributed by atoms with E-state index in [0.717, 1.165) is 0 Å². The first kappa shape index (κ1) is 19.1. The van der Waals surface area contributed by atoms with Gasteiger partial charge in [0.1, 0.15) is 5.69 Å². The summed E-state index contributed by atoms with van der Waals surface area (Å²) in [6.07, 6.45) is 0.251. The van der Waals surface area contributed by atoms with Crippen LogP contribution in [0.2, 0.25) is 0 Å². The van der Waals surface area contributed by atoms with Crippen LogP contribution in [0.3, 0.4) is 0 Å². The molecule has 0 amide bonds. The number of carbonyl (C=O) groups excluding carboxylic acids is 1. The van der Waals surface area contributed by atoms with Crippen molar-refractivity contribution in [3.63, 3.8) is 0 Å². The summed E-state index contributed by atoms with van der Waals surface area (Å²) >= 11 is 0. The minimum Gasteiger partial charge on any atom is -0.465 e. The highest BCUT2D eigenvalue weighted by atomic mass is 16.6. The van der Waals surface area contributed by atoms with E-state index < -0.39 is 10.9 Å². The zero-order chi connectivity index (χ0) is 20.1. The molecule has 0 fully saturated rings. The second-order valence-electron chi connectivity index (χ2n) is 5.92. The van der Waals surface area contributed by atoms with Gasteiger partial charge in [-0.2, -0.15) is 0 Å². The predicted octanol–water partition coefficient (Wildman–Crippen LogP) is 3.04. The van der Waals surface area contributed by atoms with E-state index in [9.17, 15) is 20.0 Å². The molecule has 3 aromatic rings. The van der Waals surface area contributed by atoms with Gasteiger partial charge in [-0.05, 0) is 36.2 Å². The van der Waals surface area contributed by atoms with Crippen LogP contribution in [0, 0.1) is 10.1 Å². The van der Waals surface area contributed by atoms with Crippen LogP contribution in [-0.2, 0) is 11.2 Å². The summed E-state index contributed by atoms with van der Waals surface area (Å²) in [6, 6.07) is 14.7. The Bertz CT molecular complexity index is 1040. The molecule has 8 nitrogen and oxygen atoms in total. The van der Waals surface area contributed by atoms with Crippen LogP contribution in [0.25, 0.3) is 22.5 Å². The number of nitro groups is 1. The number of ether oxygens (including phenoxy) is 1. The molecule has 1 N–H and O–H groups in total. The quantitative estimate of drug-likeness (QED) is 0.397. The van der Waals surface area contributed by atoms with Crippen molar-refractivity contribution in [1.29, 1.82) is 0 Å². The molecule has 0 unspecified atom stereocenters. The number of nitro benzene ring substituents is 1. The van der Waals surface area contributed by atoms with E-state index >= 15 is 0 Å². The van der Waals surface area contributed by atoms with Crippen molar-refractivity contribution in [2.45, 2.75) is 6.42 Å². The van der Waals surface area contributed by atoms with Crippen LogP contribution in [0.15, 0.2) is 54.6 Å². The fourth-order valence-corrected chi connectivity index (χ4v) is 2.87. The van der Waals surface area contributed by atoms with E-state index in [-0.39, 0.29) is 18.7 Å². The number of hydrogen-bond donors (Lipinski definition) is 1. The first-order valence-corrected chi connectivity index (χ1v) is 8.45. The number of rotatable bonds is 6. The van der Waals surface area contributed by atoms with Crippen LogP contribution in [0.1, 0.15) is 15.9 Å². The number of esters is 1. The van der Waals surface area contributed by atoms with Crippen LogP contribution in [0.4, 0.5) is 5.69 Å². The van der Waals surface area contributed by atoms with Crippen molar-refractivity contribution in [1.82, 2.24) is 10.2 Å². The molecular weight excluding hydrogens is 362 g/mol. The summed E-state index contributed by atoms with van der Waals surface area (Å²) in [4.78, 5) is 22.6. The minimum absolute atomic E-state index is 0.0866. The lowest BCUT2D eigenvalue weighted by molar-refractivity contribution is -0.384. The zero-order valence-electron chi connectivity index (χ0n) is 15.0. The zero-order valence-corrected chi connectivity index (χ0v) is 15.0. The standard InChI is InChI=1S/C20H17N3O5/c1-28-20(25)15-6-4-5-13(11-15)17-12-14(9-10-24)19(22-21-17)16-7-2-3-8-18(16)23(26)27/h2-8,11-12,24H,9-10H2,1H3. The van der Waals surface area contributed by atoms with Gasteiger partial charge in [0.25, 0.3) is 5.69 Å². The molecule has 0 atom stereocenters. The van der Waals surface area contributed by atoms with Crippen molar-refractivity contribution >= 4 is 11.7 Å². The second kappa shape index (κ2) is 8.36. The molecule has 8 heteroatoms. The molecule has 142 valence electrons. The molecule has 28 heavy (non-hydrogen) atoms. The molecule has 0 aliphatic heterocycles. The maximum Gasteiger partial charge on any atom is 0.337 e. The third-order valence-electron chi connectivity index (χ3n) is 4.19. The minimum atomic E-state index is -0.479. The molecule has 0 aliphatic rings. The lowest BCUT2D eigenvalue weighted by Gasteiger charge is -2.10. The molecule has 0 saturated heterocycles. The van der Waals surface area contributed by atoms with Crippen molar-refractivity contribution in [2.24, 2.45) is 0 Å². The van der Waals surface area contributed by atoms with Crippen molar-refractivity contribution < 1.29 is 19.6 Å². The molecule has 0 aliphatic carbocycles. The third-order valence-corrected chi connectivity index (χ3v) is 4.19. The number of hydrogen-bond acceptors (Lipinski definition) is 7. The SMILES string of the molecule is COC(=O)c1cccc(-c2cc(CCO)c(-c3ccccc3[N+](=O)[O-])nn2)c1. The molecule has 0 spiro atoms. The average molecular weight is 379 g/mol. The molecule has 0 bridgehead atoms. The number of nitrogens with zero attached hydrogens (tertiary/aromatic N) is 3. The Balaban J connectivity index is 2.11. The van der Waals surface area contributed by atoms with E-state index in [1.807, 2.05) is 0 Å². The molecule has 3 rings (SSSR count). The number of aliphatic hydroxyl groups excluding tert-OH is 1. The van der Waals surface area contributed by atoms with Crippen LogP contribution >= 0.6 is 0 Å². The van der Waals surface area contributed by atoms with E-state index in [0.29, 0.717) is 33.6 Å². The lowest BCUT2D eigenvalue weighted by Crippen LogP contribution is -2.04. The summed E-state index contributed by atoms with van der Waals surface area (Å²) in [5.74, 6) is -0.470. The van der Waals surface area contributed by atoms with E-state index in [1.54, 1.807) is 48.5 Å². The topological polar surface area (TPSA) is 115 Å². The van der Waals surface area contributed by atoms with Gasteiger partial charge in [-0.15, -0.1) is 10.2 Å². The molecule has 2 aromatic carbocycles. The van der Waals surface area contributed by atoms with E-state index in [4.69, 9.17) is 4.74 Å². The summed E-state index contributed by atoms with van der Waals surface area (Å²) in [7, 11) is 1.30. The molecule has 0 saturated carbocycles. The first-order chi connectivity index (χ1) is 13.5. The Hall–Kier alpha value is -3.65. The fourth-order valence-electron chi connectivity index (χ4n) is 2.87. The molecule has 0 radical (unpaired) electrons. The lowest BCUT2D eigenvalue weighted by atomic mass is 10.00. The van der Waals surface area contributed by atoms with Crippen molar-refractivity contribution in [2.75, 3.05) is 13.7 Å². The summed E-state index contributed by atoms with van der Waals surface area (Å²) < 4.78 is 4.73. The Kier molecular flexibility index (Phi) is 5.71.